The average Bonchev–Trinajstić information content (AvgIpc) is 3.27. The summed E-state index contributed by atoms with van der Waals surface area (Å²) in [6.07, 6.45) is 11.3. The maximum atomic E-state index is 12.0. The molecule has 9 nitrogen and oxygen atoms in total. The standard InChI is InChI=1S/C16H19N7O2/c1-3-4-7-16(20-21-16)8-5-13(24)17-9-6-12-18-19-14-15(25)22(2)10-11-23(12)14/h1,10-11H,4-9H2,2H3,(H,17,24). The summed E-state index contributed by atoms with van der Waals surface area (Å²) in [5.41, 5.74) is -0.370. The van der Waals surface area contributed by atoms with E-state index in [0.717, 1.165) is 0 Å². The zero-order valence-electron chi connectivity index (χ0n) is 14.0. The largest absolute Gasteiger partial charge is 0.356 e. The molecule has 0 spiro atoms. The maximum Gasteiger partial charge on any atom is 0.295 e. The van der Waals surface area contributed by atoms with E-state index in [-0.39, 0.29) is 17.1 Å². The number of aryl methyl sites for hydroxylation is 1. The number of hydrogen-bond donors (Lipinski definition) is 1. The fraction of sp³-hybridized carbons (Fsp3) is 0.500. The summed E-state index contributed by atoms with van der Waals surface area (Å²) >= 11 is 0. The van der Waals surface area contributed by atoms with Gasteiger partial charge in [0.25, 0.3) is 5.56 Å². The van der Waals surface area contributed by atoms with Gasteiger partial charge in [-0.05, 0) is 0 Å². The van der Waals surface area contributed by atoms with Crippen LogP contribution in [0.2, 0.25) is 0 Å². The lowest BCUT2D eigenvalue weighted by molar-refractivity contribution is -0.121. The molecule has 2 aromatic rings. The van der Waals surface area contributed by atoms with Crippen LogP contribution in [0.1, 0.15) is 31.5 Å². The topological polar surface area (TPSA) is 106 Å². The molecule has 0 radical (unpaired) electrons. The maximum absolute atomic E-state index is 12.0. The van der Waals surface area contributed by atoms with E-state index in [1.807, 2.05) is 0 Å². The van der Waals surface area contributed by atoms with Crippen molar-refractivity contribution in [2.45, 2.75) is 37.8 Å². The highest BCUT2D eigenvalue weighted by atomic mass is 16.1. The van der Waals surface area contributed by atoms with Crippen LogP contribution in [0, 0.1) is 12.3 Å². The van der Waals surface area contributed by atoms with Gasteiger partial charge in [-0.3, -0.25) is 14.0 Å². The van der Waals surface area contributed by atoms with Gasteiger partial charge in [0.2, 0.25) is 11.6 Å². The first-order valence-corrected chi connectivity index (χ1v) is 8.08. The second kappa shape index (κ2) is 6.84. The Labute approximate surface area is 144 Å². The van der Waals surface area contributed by atoms with Crippen LogP contribution in [0.25, 0.3) is 5.65 Å². The first-order valence-electron chi connectivity index (χ1n) is 8.08. The second-order valence-electron chi connectivity index (χ2n) is 6.01. The van der Waals surface area contributed by atoms with Crippen molar-refractivity contribution >= 4 is 11.6 Å². The highest BCUT2D eigenvalue weighted by molar-refractivity contribution is 5.76. The summed E-state index contributed by atoms with van der Waals surface area (Å²) in [4.78, 5) is 23.9. The van der Waals surface area contributed by atoms with E-state index in [1.165, 1.54) is 4.57 Å². The van der Waals surface area contributed by atoms with Crippen molar-refractivity contribution in [3.05, 3.63) is 28.6 Å². The van der Waals surface area contributed by atoms with Gasteiger partial charge in [-0.2, -0.15) is 10.2 Å². The fourth-order valence-electron chi connectivity index (χ4n) is 2.57. The van der Waals surface area contributed by atoms with Crippen molar-refractivity contribution in [3.8, 4) is 12.3 Å². The minimum absolute atomic E-state index is 0.0675. The number of amides is 1. The Morgan fingerprint density at radius 2 is 2.12 bits per heavy atom. The third-order valence-corrected chi connectivity index (χ3v) is 4.19. The van der Waals surface area contributed by atoms with Gasteiger partial charge in [-0.25, -0.2) is 0 Å². The first-order chi connectivity index (χ1) is 12.0. The van der Waals surface area contributed by atoms with Gasteiger partial charge in [-0.15, -0.1) is 22.5 Å². The number of hydrogen-bond acceptors (Lipinski definition) is 6. The molecule has 3 rings (SSSR count). The zero-order valence-corrected chi connectivity index (χ0v) is 14.0. The Kier molecular flexibility index (Phi) is 4.61. The minimum atomic E-state index is -0.438. The molecule has 2 aromatic heterocycles. The summed E-state index contributed by atoms with van der Waals surface area (Å²) in [7, 11) is 1.66. The molecule has 0 unspecified atom stereocenters. The Morgan fingerprint density at radius 1 is 1.32 bits per heavy atom. The van der Waals surface area contributed by atoms with Gasteiger partial charge < -0.3 is 9.88 Å². The van der Waals surface area contributed by atoms with Gasteiger partial charge in [0, 0.05) is 58.1 Å². The quantitative estimate of drug-likeness (QED) is 0.703. The van der Waals surface area contributed by atoms with E-state index in [0.29, 0.717) is 44.5 Å². The molecule has 9 heteroatoms. The van der Waals surface area contributed by atoms with E-state index < -0.39 is 5.66 Å². The number of rotatable bonds is 8. The van der Waals surface area contributed by atoms with E-state index in [9.17, 15) is 9.59 Å². The molecule has 0 bridgehead atoms. The monoisotopic (exact) mass is 341 g/mol. The number of terminal acetylenes is 1. The molecular formula is C16H19N7O2. The molecule has 1 aliphatic heterocycles. The van der Waals surface area contributed by atoms with Gasteiger partial charge >= 0.3 is 0 Å². The average molecular weight is 341 g/mol. The second-order valence-corrected chi connectivity index (χ2v) is 6.01. The molecule has 1 aliphatic rings. The fourth-order valence-corrected chi connectivity index (χ4v) is 2.57. The number of carbonyl (C=O) groups is 1. The van der Waals surface area contributed by atoms with Crippen molar-refractivity contribution in [2.24, 2.45) is 17.3 Å². The van der Waals surface area contributed by atoms with E-state index >= 15 is 0 Å². The lowest BCUT2D eigenvalue weighted by atomic mass is 10.0. The first kappa shape index (κ1) is 16.8. The van der Waals surface area contributed by atoms with Crippen molar-refractivity contribution < 1.29 is 4.79 Å². The molecule has 0 aromatic carbocycles. The van der Waals surface area contributed by atoms with Gasteiger partial charge in [0.15, 0.2) is 5.66 Å². The SMILES string of the molecule is C#CCCC1(CCC(=O)NCCc2nnc3c(=O)n(C)ccn23)N=N1. The lowest BCUT2D eigenvalue weighted by Gasteiger charge is -2.09. The minimum Gasteiger partial charge on any atom is -0.356 e. The predicted octanol–water partition coefficient (Wildman–Crippen LogP) is 0.442. The predicted molar refractivity (Wildman–Crippen MR) is 89.8 cm³/mol. The van der Waals surface area contributed by atoms with Crippen LogP contribution in [0.4, 0.5) is 0 Å². The number of aromatic nitrogens is 4. The van der Waals surface area contributed by atoms with Crippen LogP contribution in [0.15, 0.2) is 27.4 Å². The third kappa shape index (κ3) is 3.74. The van der Waals surface area contributed by atoms with Crippen molar-refractivity contribution in [1.29, 1.82) is 0 Å². The smallest absolute Gasteiger partial charge is 0.295 e. The number of nitrogens with zero attached hydrogens (tertiary/aromatic N) is 6. The molecule has 1 amide bonds. The van der Waals surface area contributed by atoms with Crippen molar-refractivity contribution in [2.75, 3.05) is 6.54 Å². The Hall–Kier alpha value is -3.02. The molecular weight excluding hydrogens is 322 g/mol. The van der Waals surface area contributed by atoms with Crippen LogP contribution in [0.5, 0.6) is 0 Å². The summed E-state index contributed by atoms with van der Waals surface area (Å²) in [5.74, 6) is 3.13. The van der Waals surface area contributed by atoms with Gasteiger partial charge in [0.1, 0.15) is 5.82 Å². The molecule has 25 heavy (non-hydrogen) atoms. The van der Waals surface area contributed by atoms with Crippen LogP contribution in [0.3, 0.4) is 0 Å². The molecule has 3 heterocycles. The lowest BCUT2D eigenvalue weighted by Crippen LogP contribution is -2.27. The third-order valence-electron chi connectivity index (χ3n) is 4.19. The van der Waals surface area contributed by atoms with Gasteiger partial charge in [0.05, 0.1) is 0 Å². The summed E-state index contributed by atoms with van der Waals surface area (Å²) in [6.45, 7) is 0.417. The van der Waals surface area contributed by atoms with E-state index in [2.05, 4.69) is 31.7 Å². The highest BCUT2D eigenvalue weighted by Crippen LogP contribution is 2.37. The Balaban J connectivity index is 1.47. The zero-order chi connectivity index (χ0) is 17.9. The molecule has 0 aliphatic carbocycles. The number of nitrogens with one attached hydrogen (secondary N) is 1. The van der Waals surface area contributed by atoms with Crippen molar-refractivity contribution in [1.82, 2.24) is 24.5 Å². The Morgan fingerprint density at radius 3 is 2.84 bits per heavy atom. The Bertz CT molecular complexity index is 913. The molecule has 0 saturated carbocycles. The summed E-state index contributed by atoms with van der Waals surface area (Å²) in [6, 6.07) is 0. The molecule has 0 atom stereocenters. The normalized spacial score (nSPS) is 14.4. The highest BCUT2D eigenvalue weighted by Gasteiger charge is 2.39. The molecule has 0 saturated heterocycles. The summed E-state index contributed by atoms with van der Waals surface area (Å²) < 4.78 is 3.09. The number of carbonyl (C=O) groups excluding carboxylic acids is 1. The van der Waals surface area contributed by atoms with Crippen LogP contribution in [-0.2, 0) is 18.3 Å². The summed E-state index contributed by atoms with van der Waals surface area (Å²) in [5, 5.41) is 18.8. The molecule has 1 N–H and O–H groups in total. The van der Waals surface area contributed by atoms with E-state index in [1.54, 1.807) is 23.8 Å². The van der Waals surface area contributed by atoms with E-state index in [4.69, 9.17) is 6.42 Å². The van der Waals surface area contributed by atoms with Crippen LogP contribution >= 0.6 is 0 Å². The molecule has 130 valence electrons. The number of fused-ring (bicyclic) bond motifs is 1. The van der Waals surface area contributed by atoms with Crippen LogP contribution < -0.4 is 10.9 Å². The molecule has 0 fully saturated rings. The van der Waals surface area contributed by atoms with Crippen LogP contribution in [-0.4, -0.2) is 37.3 Å². The van der Waals surface area contributed by atoms with Gasteiger partial charge in [-0.1, -0.05) is 0 Å². The van der Waals surface area contributed by atoms with Crippen molar-refractivity contribution in [3.63, 3.8) is 0 Å².